The number of anilines is 2. The molecule has 1 saturated heterocycles. The van der Waals surface area contributed by atoms with Crippen LogP contribution in [0.15, 0.2) is 17.3 Å². The number of hydrogen-bond acceptors (Lipinski definition) is 7. The zero-order valence-electron chi connectivity index (χ0n) is 15.4. The molecule has 0 aliphatic carbocycles. The van der Waals surface area contributed by atoms with Crippen molar-refractivity contribution in [1.29, 1.82) is 0 Å². The Kier molecular flexibility index (Phi) is 5.42. The van der Waals surface area contributed by atoms with Gasteiger partial charge in [-0.15, -0.1) is 0 Å². The van der Waals surface area contributed by atoms with Crippen LogP contribution in [0.1, 0.15) is 24.2 Å². The van der Waals surface area contributed by atoms with Gasteiger partial charge in [0.1, 0.15) is 22.9 Å². The fraction of sp³-hybridized carbons (Fsp3) is 0.562. The lowest BCUT2D eigenvalue weighted by atomic mass is 10.4. The third-order valence-corrected chi connectivity index (χ3v) is 6.23. The van der Waals surface area contributed by atoms with Crippen molar-refractivity contribution in [3.63, 3.8) is 0 Å². The molecule has 0 spiro atoms. The molecule has 1 fully saturated rings. The molecule has 9 nitrogen and oxygen atoms in total. The van der Waals surface area contributed by atoms with E-state index in [2.05, 4.69) is 30.0 Å². The Balaban J connectivity index is 1.56. The van der Waals surface area contributed by atoms with Gasteiger partial charge in [-0.2, -0.15) is 5.10 Å². The average Bonchev–Trinajstić information content (AvgIpc) is 3.21. The summed E-state index contributed by atoms with van der Waals surface area (Å²) in [7, 11) is -1.86. The van der Waals surface area contributed by atoms with Crippen LogP contribution in [0.4, 0.5) is 11.6 Å². The van der Waals surface area contributed by atoms with Gasteiger partial charge in [0, 0.05) is 39.3 Å². The van der Waals surface area contributed by atoms with Crippen LogP contribution < -0.4 is 14.9 Å². The van der Waals surface area contributed by atoms with Gasteiger partial charge >= 0.3 is 0 Å². The Morgan fingerprint density at radius 2 is 1.88 bits per heavy atom. The summed E-state index contributed by atoms with van der Waals surface area (Å²) in [6.07, 6.45) is 3.89. The van der Waals surface area contributed by atoms with Gasteiger partial charge in [-0.05, 0) is 26.7 Å². The van der Waals surface area contributed by atoms with Gasteiger partial charge in [-0.1, -0.05) is 0 Å². The molecule has 2 aromatic rings. The van der Waals surface area contributed by atoms with E-state index in [4.69, 9.17) is 0 Å². The Labute approximate surface area is 153 Å². The summed E-state index contributed by atoms with van der Waals surface area (Å²) >= 11 is 0. The first-order chi connectivity index (χ1) is 12.4. The second-order valence-electron chi connectivity index (χ2n) is 6.40. The van der Waals surface area contributed by atoms with Crippen LogP contribution in [0, 0.1) is 13.8 Å². The quantitative estimate of drug-likeness (QED) is 0.686. The highest BCUT2D eigenvalue weighted by Crippen LogP contribution is 2.19. The van der Waals surface area contributed by atoms with Crippen molar-refractivity contribution in [3.05, 3.63) is 23.8 Å². The normalized spacial score (nSPS) is 14.8. The van der Waals surface area contributed by atoms with Crippen LogP contribution in [-0.2, 0) is 17.1 Å². The van der Waals surface area contributed by atoms with Crippen molar-refractivity contribution >= 4 is 21.7 Å². The molecule has 0 atom stereocenters. The van der Waals surface area contributed by atoms with E-state index in [0.29, 0.717) is 23.8 Å². The summed E-state index contributed by atoms with van der Waals surface area (Å²) in [6.45, 7) is 6.14. The molecule has 1 aliphatic rings. The van der Waals surface area contributed by atoms with Crippen LogP contribution in [0.5, 0.6) is 0 Å². The fourth-order valence-electron chi connectivity index (χ4n) is 3.15. The van der Waals surface area contributed by atoms with Gasteiger partial charge < -0.3 is 10.2 Å². The smallest absolute Gasteiger partial charge is 0.244 e. The summed E-state index contributed by atoms with van der Waals surface area (Å²) in [5.41, 5.74) is 1.12. The minimum absolute atomic E-state index is 0.248. The fourth-order valence-corrected chi connectivity index (χ4v) is 4.62. The largest absolute Gasteiger partial charge is 0.369 e. The van der Waals surface area contributed by atoms with Crippen molar-refractivity contribution in [3.8, 4) is 0 Å². The minimum Gasteiger partial charge on any atom is -0.369 e. The van der Waals surface area contributed by atoms with E-state index in [-0.39, 0.29) is 11.4 Å². The lowest BCUT2D eigenvalue weighted by Gasteiger charge is -2.16. The Morgan fingerprint density at radius 3 is 2.54 bits per heavy atom. The van der Waals surface area contributed by atoms with Gasteiger partial charge in [-0.25, -0.2) is 23.1 Å². The summed E-state index contributed by atoms with van der Waals surface area (Å²) in [6, 6.07) is 1.90. The van der Waals surface area contributed by atoms with Crippen molar-refractivity contribution < 1.29 is 8.42 Å². The lowest BCUT2D eigenvalue weighted by Crippen LogP contribution is -2.30. The Bertz CT molecular complexity index is 873. The molecule has 3 heterocycles. The van der Waals surface area contributed by atoms with Gasteiger partial charge in [0.25, 0.3) is 0 Å². The maximum absolute atomic E-state index is 12.5. The molecule has 26 heavy (non-hydrogen) atoms. The van der Waals surface area contributed by atoms with Crippen LogP contribution >= 0.6 is 0 Å². The first kappa shape index (κ1) is 18.6. The lowest BCUT2D eigenvalue weighted by molar-refractivity contribution is 0.581. The molecular weight excluding hydrogens is 354 g/mol. The zero-order chi connectivity index (χ0) is 18.7. The molecule has 10 heteroatoms. The standard InChI is InChI=1S/C16H25N7O2S/c1-12-16(13(2)22(3)21-12)26(24,25)20-7-6-17-14-10-15(19-11-18-14)23-8-4-5-9-23/h10-11,20H,4-9H2,1-3H3,(H,17,18,19). The molecule has 2 aromatic heterocycles. The molecule has 3 rings (SSSR count). The first-order valence-electron chi connectivity index (χ1n) is 8.69. The van der Waals surface area contributed by atoms with Gasteiger partial charge in [0.15, 0.2) is 0 Å². The number of nitrogens with zero attached hydrogens (tertiary/aromatic N) is 5. The van der Waals surface area contributed by atoms with Gasteiger partial charge in [0.05, 0.1) is 11.4 Å². The monoisotopic (exact) mass is 379 g/mol. The Hall–Kier alpha value is -2.20. The third-order valence-electron chi connectivity index (χ3n) is 4.52. The summed E-state index contributed by atoms with van der Waals surface area (Å²) in [5, 5.41) is 7.30. The molecule has 0 amide bonds. The molecule has 0 unspecified atom stereocenters. The highest BCUT2D eigenvalue weighted by atomic mass is 32.2. The topological polar surface area (TPSA) is 105 Å². The van der Waals surface area contributed by atoms with E-state index >= 15 is 0 Å². The second-order valence-corrected chi connectivity index (χ2v) is 8.11. The predicted octanol–water partition coefficient (Wildman–Crippen LogP) is 0.818. The van der Waals surface area contributed by atoms with Crippen molar-refractivity contribution in [2.75, 3.05) is 36.4 Å². The van der Waals surface area contributed by atoms with Crippen molar-refractivity contribution in [1.82, 2.24) is 24.5 Å². The number of nitrogens with one attached hydrogen (secondary N) is 2. The van der Waals surface area contributed by atoms with Crippen molar-refractivity contribution in [2.24, 2.45) is 7.05 Å². The molecule has 0 radical (unpaired) electrons. The first-order valence-corrected chi connectivity index (χ1v) is 10.2. The number of aryl methyl sites for hydroxylation is 2. The molecule has 2 N–H and O–H groups in total. The maximum Gasteiger partial charge on any atom is 0.244 e. The van der Waals surface area contributed by atoms with E-state index < -0.39 is 10.0 Å². The van der Waals surface area contributed by atoms with Crippen LogP contribution in [-0.4, -0.2) is 54.3 Å². The highest BCUT2D eigenvalue weighted by molar-refractivity contribution is 7.89. The SMILES string of the molecule is Cc1nn(C)c(C)c1S(=O)(=O)NCCNc1cc(N2CCCC2)ncn1. The molecule has 1 aliphatic heterocycles. The number of rotatable bonds is 7. The highest BCUT2D eigenvalue weighted by Gasteiger charge is 2.23. The van der Waals surface area contributed by atoms with Gasteiger partial charge in [-0.3, -0.25) is 4.68 Å². The molecular formula is C16H25N7O2S. The second kappa shape index (κ2) is 7.58. The third kappa shape index (κ3) is 3.96. The van der Waals surface area contributed by atoms with E-state index in [1.165, 1.54) is 19.2 Å². The van der Waals surface area contributed by atoms with E-state index in [1.807, 2.05) is 6.07 Å². The summed E-state index contributed by atoms with van der Waals surface area (Å²) < 4.78 is 29.2. The summed E-state index contributed by atoms with van der Waals surface area (Å²) in [4.78, 5) is 11.0. The Morgan fingerprint density at radius 1 is 1.15 bits per heavy atom. The van der Waals surface area contributed by atoms with E-state index in [1.54, 1.807) is 25.6 Å². The maximum atomic E-state index is 12.5. The van der Waals surface area contributed by atoms with Crippen LogP contribution in [0.25, 0.3) is 0 Å². The number of sulfonamides is 1. The predicted molar refractivity (Wildman–Crippen MR) is 99.8 cm³/mol. The van der Waals surface area contributed by atoms with Crippen LogP contribution in [0.3, 0.4) is 0 Å². The number of aromatic nitrogens is 4. The molecule has 0 aromatic carbocycles. The van der Waals surface area contributed by atoms with Crippen LogP contribution in [0.2, 0.25) is 0 Å². The molecule has 142 valence electrons. The van der Waals surface area contributed by atoms with E-state index in [0.717, 1.165) is 18.9 Å². The van der Waals surface area contributed by atoms with Gasteiger partial charge in [0.2, 0.25) is 10.0 Å². The number of hydrogen-bond donors (Lipinski definition) is 2. The zero-order valence-corrected chi connectivity index (χ0v) is 16.2. The van der Waals surface area contributed by atoms with Crippen molar-refractivity contribution in [2.45, 2.75) is 31.6 Å². The summed E-state index contributed by atoms with van der Waals surface area (Å²) in [5.74, 6) is 1.59. The molecule has 0 saturated carbocycles. The molecule has 0 bridgehead atoms. The minimum atomic E-state index is -3.59. The van der Waals surface area contributed by atoms with E-state index in [9.17, 15) is 8.42 Å². The average molecular weight is 379 g/mol.